The van der Waals surface area contributed by atoms with E-state index < -0.39 is 9.73 Å². The van der Waals surface area contributed by atoms with Crippen molar-refractivity contribution in [1.29, 1.82) is 5.26 Å². The molecule has 0 spiro atoms. The van der Waals surface area contributed by atoms with Crippen LogP contribution < -0.4 is 0 Å². The van der Waals surface area contributed by atoms with Gasteiger partial charge in [0.05, 0.1) is 27.0 Å². The third kappa shape index (κ3) is 3.01. The van der Waals surface area contributed by atoms with Crippen molar-refractivity contribution in [3.63, 3.8) is 0 Å². The first-order valence-electron chi connectivity index (χ1n) is 5.98. The van der Waals surface area contributed by atoms with Crippen LogP contribution in [0.15, 0.2) is 63.9 Å². The molecule has 2 rings (SSSR count). The zero-order valence-electron chi connectivity index (χ0n) is 10.6. The average Bonchev–Trinajstić information content (AvgIpc) is 2.48. The Bertz CT molecular complexity index is 706. The topological polar surface area (TPSA) is 53.2 Å². The Kier molecular flexibility index (Phi) is 3.98. The van der Waals surface area contributed by atoms with Crippen LogP contribution in [0.1, 0.15) is 12.5 Å². The second-order valence-electron chi connectivity index (χ2n) is 3.99. The molecule has 0 fully saturated rings. The number of hydrogen-bond donors (Lipinski definition) is 0. The second-order valence-corrected chi connectivity index (χ2v) is 6.50. The predicted octanol–water partition coefficient (Wildman–Crippen LogP) is 3.74. The van der Waals surface area contributed by atoms with Gasteiger partial charge in [0, 0.05) is 10.6 Å². The fourth-order valence-corrected chi connectivity index (χ4v) is 3.28. The van der Waals surface area contributed by atoms with Gasteiger partial charge in [-0.25, -0.2) is 4.21 Å². The lowest BCUT2D eigenvalue weighted by Crippen LogP contribution is -2.03. The molecule has 0 bridgehead atoms. The van der Waals surface area contributed by atoms with E-state index in [0.29, 0.717) is 21.9 Å². The number of rotatable bonds is 3. The summed E-state index contributed by atoms with van der Waals surface area (Å²) in [6, 6.07) is 18.1. The van der Waals surface area contributed by atoms with Crippen LogP contribution in [-0.4, -0.2) is 9.96 Å². The lowest BCUT2D eigenvalue weighted by atomic mass is 10.2. The van der Waals surface area contributed by atoms with Gasteiger partial charge in [0.25, 0.3) is 0 Å². The summed E-state index contributed by atoms with van der Waals surface area (Å²) < 4.78 is 17.3. The van der Waals surface area contributed by atoms with Gasteiger partial charge in [-0.05, 0) is 36.4 Å². The highest BCUT2D eigenvalue weighted by Gasteiger charge is 2.10. The maximum Gasteiger partial charge on any atom is 0.0991 e. The molecular weight excluding hydrogens is 256 g/mol. The van der Waals surface area contributed by atoms with Gasteiger partial charge in [0.2, 0.25) is 0 Å². The van der Waals surface area contributed by atoms with E-state index in [0.717, 1.165) is 0 Å². The summed E-state index contributed by atoms with van der Waals surface area (Å²) in [5.41, 5.74) is 1.26. The van der Waals surface area contributed by atoms with Crippen LogP contribution in [0.5, 0.6) is 0 Å². The van der Waals surface area contributed by atoms with Crippen LogP contribution in [0.25, 0.3) is 0 Å². The van der Waals surface area contributed by atoms with Crippen LogP contribution in [0.2, 0.25) is 0 Å². The van der Waals surface area contributed by atoms with Crippen LogP contribution >= 0.6 is 0 Å². The number of hydrogen-bond acceptors (Lipinski definition) is 3. The highest BCUT2D eigenvalue weighted by atomic mass is 32.2. The molecule has 1 atom stereocenters. The molecular formula is C15H14N2OS. The summed E-state index contributed by atoms with van der Waals surface area (Å²) in [6.07, 6.45) is 0. The van der Waals surface area contributed by atoms with Crippen LogP contribution in [0.3, 0.4) is 0 Å². The summed E-state index contributed by atoms with van der Waals surface area (Å²) in [6.45, 7) is 1.85. The lowest BCUT2D eigenvalue weighted by Gasteiger charge is -2.08. The predicted molar refractivity (Wildman–Crippen MR) is 76.6 cm³/mol. The molecule has 96 valence electrons. The SMILES string of the molecule is CCS(=O)(=Nc1ccccc1)c1ccc(C#N)cc1. The fraction of sp³-hybridized carbons (Fsp3) is 0.133. The minimum absolute atomic E-state index is 0.438. The second kappa shape index (κ2) is 5.68. The van der Waals surface area contributed by atoms with Gasteiger partial charge in [-0.3, -0.25) is 0 Å². The van der Waals surface area contributed by atoms with Crippen molar-refractivity contribution in [2.75, 3.05) is 5.75 Å². The molecule has 0 N–H and O–H groups in total. The van der Waals surface area contributed by atoms with E-state index in [1.807, 2.05) is 43.3 Å². The minimum Gasteiger partial charge on any atom is -0.244 e. The van der Waals surface area contributed by atoms with E-state index in [-0.39, 0.29) is 0 Å². The molecule has 0 aliphatic heterocycles. The Labute approximate surface area is 113 Å². The molecule has 0 saturated heterocycles. The maximum atomic E-state index is 12.9. The molecule has 0 aliphatic carbocycles. The zero-order valence-corrected chi connectivity index (χ0v) is 11.4. The van der Waals surface area contributed by atoms with Crippen molar-refractivity contribution in [2.24, 2.45) is 4.36 Å². The molecule has 4 heteroatoms. The molecule has 0 amide bonds. The summed E-state index contributed by atoms with van der Waals surface area (Å²) >= 11 is 0. The average molecular weight is 270 g/mol. The number of nitriles is 1. The Morgan fingerprint density at radius 1 is 1.11 bits per heavy atom. The lowest BCUT2D eigenvalue weighted by molar-refractivity contribution is 0.677. The smallest absolute Gasteiger partial charge is 0.0991 e. The van der Waals surface area contributed by atoms with E-state index >= 15 is 0 Å². The first-order chi connectivity index (χ1) is 9.18. The highest BCUT2D eigenvalue weighted by Crippen LogP contribution is 2.21. The van der Waals surface area contributed by atoms with E-state index in [1.165, 1.54) is 0 Å². The van der Waals surface area contributed by atoms with Crippen molar-refractivity contribution in [3.05, 3.63) is 60.2 Å². The van der Waals surface area contributed by atoms with Crippen LogP contribution in [0, 0.1) is 11.3 Å². The van der Waals surface area contributed by atoms with Gasteiger partial charge in [0.15, 0.2) is 0 Å². The van der Waals surface area contributed by atoms with Crippen molar-refractivity contribution < 1.29 is 4.21 Å². The Morgan fingerprint density at radius 3 is 2.26 bits per heavy atom. The zero-order chi connectivity index (χ0) is 13.7. The Hall–Kier alpha value is -2.12. The molecule has 2 aromatic rings. The van der Waals surface area contributed by atoms with E-state index in [4.69, 9.17) is 5.26 Å². The molecule has 0 aromatic heterocycles. The summed E-state index contributed by atoms with van der Waals surface area (Å²) in [5, 5.41) is 8.78. The molecule has 0 saturated carbocycles. The monoisotopic (exact) mass is 270 g/mol. The Morgan fingerprint density at radius 2 is 1.74 bits per heavy atom. The molecule has 3 nitrogen and oxygen atoms in total. The molecule has 19 heavy (non-hydrogen) atoms. The molecule has 1 unspecified atom stereocenters. The molecule has 0 aliphatic rings. The van der Waals surface area contributed by atoms with Gasteiger partial charge in [-0.2, -0.15) is 9.62 Å². The van der Waals surface area contributed by atoms with Gasteiger partial charge in [-0.15, -0.1) is 0 Å². The van der Waals surface area contributed by atoms with Gasteiger partial charge in [-0.1, -0.05) is 25.1 Å². The van der Waals surface area contributed by atoms with Crippen LogP contribution in [-0.2, 0) is 9.73 Å². The summed E-state index contributed by atoms with van der Waals surface area (Å²) in [4.78, 5) is 0.665. The third-order valence-electron chi connectivity index (χ3n) is 2.75. The van der Waals surface area contributed by atoms with Gasteiger partial charge >= 0.3 is 0 Å². The maximum absolute atomic E-state index is 12.9. The van der Waals surface area contributed by atoms with E-state index in [1.54, 1.807) is 24.3 Å². The van der Waals surface area contributed by atoms with Gasteiger partial charge in [0.1, 0.15) is 0 Å². The van der Waals surface area contributed by atoms with Crippen molar-refractivity contribution in [3.8, 4) is 6.07 Å². The van der Waals surface area contributed by atoms with Crippen molar-refractivity contribution >= 4 is 15.4 Å². The first-order valence-corrected chi connectivity index (χ1v) is 7.66. The minimum atomic E-state index is -2.47. The first kappa shape index (κ1) is 13.3. The van der Waals surface area contributed by atoms with Gasteiger partial charge < -0.3 is 0 Å². The fourth-order valence-electron chi connectivity index (χ4n) is 1.69. The summed E-state index contributed by atoms with van der Waals surface area (Å²) in [5.74, 6) is 0.438. The third-order valence-corrected chi connectivity index (χ3v) is 5.05. The van der Waals surface area contributed by atoms with E-state index in [9.17, 15) is 4.21 Å². The van der Waals surface area contributed by atoms with Crippen LogP contribution in [0.4, 0.5) is 5.69 Å². The largest absolute Gasteiger partial charge is 0.244 e. The van der Waals surface area contributed by atoms with Crippen molar-refractivity contribution in [2.45, 2.75) is 11.8 Å². The van der Waals surface area contributed by atoms with E-state index in [2.05, 4.69) is 4.36 Å². The number of benzene rings is 2. The number of nitrogens with zero attached hydrogens (tertiary/aromatic N) is 2. The molecule has 0 radical (unpaired) electrons. The normalized spacial score (nSPS) is 13.3. The van der Waals surface area contributed by atoms with Crippen molar-refractivity contribution in [1.82, 2.24) is 0 Å². The Balaban J connectivity index is 2.51. The highest BCUT2D eigenvalue weighted by molar-refractivity contribution is 7.93. The quantitative estimate of drug-likeness (QED) is 0.853. The summed E-state index contributed by atoms with van der Waals surface area (Å²) in [7, 11) is -2.47. The molecule has 2 aromatic carbocycles. The standard InChI is InChI=1S/C15H14N2OS/c1-2-19(18,17-14-6-4-3-5-7-14)15-10-8-13(12-16)9-11-15/h3-11H,2H2,1H3. The molecule has 0 heterocycles.